The fourth-order valence-electron chi connectivity index (χ4n) is 6.06. The number of anilines is 2. The summed E-state index contributed by atoms with van der Waals surface area (Å²) >= 11 is 0. The van der Waals surface area contributed by atoms with E-state index in [1.807, 2.05) is 0 Å². The van der Waals surface area contributed by atoms with Crippen molar-refractivity contribution in [2.45, 2.75) is 72.8 Å². The summed E-state index contributed by atoms with van der Waals surface area (Å²) in [5.41, 5.74) is 11.0. The van der Waals surface area contributed by atoms with Crippen molar-refractivity contribution >= 4 is 22.4 Å². The number of hydrogen-bond acceptors (Lipinski definition) is 5. The molecule has 2 aliphatic heterocycles. The molecule has 4 heterocycles. The number of fused-ring (bicyclic) bond motifs is 2. The number of nitrogens with zero attached hydrogens (tertiary/aromatic N) is 5. The minimum absolute atomic E-state index is 0.517. The molecule has 0 radical (unpaired) electrons. The van der Waals surface area contributed by atoms with Gasteiger partial charge >= 0.3 is 0 Å². The molecule has 2 aliphatic rings. The number of rotatable bonds is 4. The zero-order valence-electron chi connectivity index (χ0n) is 25.2. The maximum absolute atomic E-state index is 5.35. The standard InChI is InChI=1S/C31H38N6.2C2H2/c1-19(2)23-11-9-20(3)27(17-23)37-16-13-25-24(18-37)31(36-14-7-6-8-15-36)33-30(32-25)28-21(4)10-12-26-29(28)22(5)34-35-26;2*1-2/h9-12,17,19H,6-8,13-16,18H2,1-5H3,(H,34,35);2*1-2H. The number of H-pyrrole nitrogens is 1. The van der Waals surface area contributed by atoms with Gasteiger partial charge in [-0.05, 0) is 74.8 Å². The monoisotopic (exact) mass is 546 g/mol. The van der Waals surface area contributed by atoms with Crippen LogP contribution in [0.3, 0.4) is 0 Å². The molecule has 2 aromatic carbocycles. The van der Waals surface area contributed by atoms with Crippen molar-refractivity contribution in [3.63, 3.8) is 0 Å². The number of piperidine rings is 1. The zero-order valence-corrected chi connectivity index (χ0v) is 25.2. The van der Waals surface area contributed by atoms with Crippen LogP contribution in [0, 0.1) is 46.5 Å². The average molecular weight is 547 g/mol. The Morgan fingerprint density at radius 1 is 0.829 bits per heavy atom. The van der Waals surface area contributed by atoms with Crippen molar-refractivity contribution in [3.05, 3.63) is 64.0 Å². The molecule has 212 valence electrons. The van der Waals surface area contributed by atoms with Crippen molar-refractivity contribution in [1.82, 2.24) is 20.2 Å². The molecule has 6 nitrogen and oxygen atoms in total. The van der Waals surface area contributed by atoms with Gasteiger partial charge in [0, 0.05) is 60.5 Å². The Morgan fingerprint density at radius 2 is 1.54 bits per heavy atom. The summed E-state index contributed by atoms with van der Waals surface area (Å²) in [6.07, 6.45) is 20.7. The van der Waals surface area contributed by atoms with E-state index in [2.05, 4.69) is 111 Å². The van der Waals surface area contributed by atoms with Crippen molar-refractivity contribution in [3.8, 4) is 37.1 Å². The number of benzene rings is 2. The number of hydrogen-bond donors (Lipinski definition) is 1. The average Bonchev–Trinajstić information content (AvgIpc) is 3.39. The minimum atomic E-state index is 0.517. The molecule has 41 heavy (non-hydrogen) atoms. The lowest BCUT2D eigenvalue weighted by Crippen LogP contribution is -2.36. The third kappa shape index (κ3) is 5.79. The van der Waals surface area contributed by atoms with E-state index in [1.54, 1.807) is 0 Å². The third-order valence-corrected chi connectivity index (χ3v) is 8.27. The molecular formula is C35H42N6. The summed E-state index contributed by atoms with van der Waals surface area (Å²) in [5, 5.41) is 8.83. The fraction of sp³-hybridized carbons (Fsp3) is 0.400. The Labute approximate surface area is 245 Å². The van der Waals surface area contributed by atoms with Gasteiger partial charge in [0.2, 0.25) is 0 Å². The Bertz CT molecular complexity index is 1550. The van der Waals surface area contributed by atoms with Crippen LogP contribution in [0.1, 0.15) is 72.7 Å². The fourth-order valence-corrected chi connectivity index (χ4v) is 6.06. The topological polar surface area (TPSA) is 60.9 Å². The van der Waals surface area contributed by atoms with E-state index >= 15 is 0 Å². The van der Waals surface area contributed by atoms with Gasteiger partial charge in [0.15, 0.2) is 5.82 Å². The second-order valence-electron chi connectivity index (χ2n) is 11.2. The normalized spacial score (nSPS) is 14.6. The Balaban J connectivity index is 0.000000929. The van der Waals surface area contributed by atoms with Gasteiger partial charge in [0.1, 0.15) is 5.82 Å². The Kier molecular flexibility index (Phi) is 9.35. The van der Waals surface area contributed by atoms with Crippen molar-refractivity contribution in [1.29, 1.82) is 0 Å². The van der Waals surface area contributed by atoms with E-state index < -0.39 is 0 Å². The largest absolute Gasteiger partial charge is 0.366 e. The van der Waals surface area contributed by atoms with Gasteiger partial charge in [-0.25, -0.2) is 9.97 Å². The predicted molar refractivity (Wildman–Crippen MR) is 172 cm³/mol. The van der Waals surface area contributed by atoms with Crippen LogP contribution in [0.25, 0.3) is 22.3 Å². The van der Waals surface area contributed by atoms with Gasteiger partial charge < -0.3 is 9.80 Å². The van der Waals surface area contributed by atoms with Crippen LogP contribution in [0.15, 0.2) is 30.3 Å². The number of aryl methyl sites for hydroxylation is 3. The van der Waals surface area contributed by atoms with Gasteiger partial charge in [-0.1, -0.05) is 32.0 Å². The first-order chi connectivity index (χ1) is 19.9. The van der Waals surface area contributed by atoms with Gasteiger partial charge in [-0.3, -0.25) is 5.10 Å². The number of nitrogens with one attached hydrogen (secondary N) is 1. The summed E-state index contributed by atoms with van der Waals surface area (Å²) in [6.45, 7) is 15.0. The lowest BCUT2D eigenvalue weighted by Gasteiger charge is -2.36. The second kappa shape index (κ2) is 12.9. The number of aromatic nitrogens is 4. The maximum atomic E-state index is 5.35. The summed E-state index contributed by atoms with van der Waals surface area (Å²) in [5.74, 6) is 2.50. The summed E-state index contributed by atoms with van der Waals surface area (Å²) in [4.78, 5) is 15.7. The summed E-state index contributed by atoms with van der Waals surface area (Å²) < 4.78 is 0. The minimum Gasteiger partial charge on any atom is -0.366 e. The highest BCUT2D eigenvalue weighted by Crippen LogP contribution is 2.37. The summed E-state index contributed by atoms with van der Waals surface area (Å²) in [7, 11) is 0. The van der Waals surface area contributed by atoms with Crippen LogP contribution in [0.5, 0.6) is 0 Å². The van der Waals surface area contributed by atoms with Gasteiger partial charge in [0.25, 0.3) is 0 Å². The third-order valence-electron chi connectivity index (χ3n) is 8.27. The van der Waals surface area contributed by atoms with Crippen molar-refractivity contribution < 1.29 is 0 Å². The quantitative estimate of drug-likeness (QED) is 0.276. The molecule has 1 saturated heterocycles. The SMILES string of the molecule is C#C.C#C.Cc1ccc(C(C)C)cc1N1CCc2nc(-c3c(C)ccc4n[nH]c(C)c34)nc(N3CCCCC3)c2C1. The molecule has 0 atom stereocenters. The van der Waals surface area contributed by atoms with Crippen LogP contribution >= 0.6 is 0 Å². The Hall–Kier alpha value is -4.29. The molecule has 0 unspecified atom stereocenters. The molecule has 1 fully saturated rings. The molecule has 6 heteroatoms. The van der Waals surface area contributed by atoms with Crippen molar-refractivity contribution in [2.24, 2.45) is 0 Å². The first-order valence-corrected chi connectivity index (χ1v) is 14.5. The first kappa shape index (κ1) is 29.7. The van der Waals surface area contributed by atoms with Crippen LogP contribution in [0.2, 0.25) is 0 Å². The molecule has 2 aromatic heterocycles. The first-order valence-electron chi connectivity index (χ1n) is 14.5. The molecular weight excluding hydrogens is 504 g/mol. The van der Waals surface area contributed by atoms with E-state index in [4.69, 9.17) is 9.97 Å². The van der Waals surface area contributed by atoms with Crippen LogP contribution in [0.4, 0.5) is 11.5 Å². The molecule has 0 saturated carbocycles. The van der Waals surface area contributed by atoms with Crippen LogP contribution < -0.4 is 9.80 Å². The smallest absolute Gasteiger partial charge is 0.162 e. The van der Waals surface area contributed by atoms with Gasteiger partial charge in [0.05, 0.1) is 11.2 Å². The van der Waals surface area contributed by atoms with E-state index in [9.17, 15) is 0 Å². The van der Waals surface area contributed by atoms with Gasteiger partial charge in [-0.15, -0.1) is 25.7 Å². The Morgan fingerprint density at radius 3 is 2.24 bits per heavy atom. The van der Waals surface area contributed by atoms with E-state index in [-0.39, 0.29) is 0 Å². The van der Waals surface area contributed by atoms with E-state index in [0.717, 1.165) is 66.4 Å². The molecule has 6 rings (SSSR count). The highest BCUT2D eigenvalue weighted by molar-refractivity contribution is 5.96. The van der Waals surface area contributed by atoms with E-state index in [0.29, 0.717) is 5.92 Å². The molecule has 0 aliphatic carbocycles. The number of aromatic amines is 1. The van der Waals surface area contributed by atoms with E-state index in [1.165, 1.54) is 52.9 Å². The lowest BCUT2D eigenvalue weighted by molar-refractivity contribution is 0.568. The molecule has 4 aromatic rings. The highest BCUT2D eigenvalue weighted by Gasteiger charge is 2.28. The van der Waals surface area contributed by atoms with Crippen molar-refractivity contribution in [2.75, 3.05) is 29.4 Å². The van der Waals surface area contributed by atoms with Gasteiger partial charge in [-0.2, -0.15) is 5.10 Å². The second-order valence-corrected chi connectivity index (χ2v) is 11.2. The zero-order chi connectivity index (χ0) is 29.7. The maximum Gasteiger partial charge on any atom is 0.162 e. The number of terminal acetylenes is 2. The lowest BCUT2D eigenvalue weighted by atomic mass is 9.97. The molecule has 1 N–H and O–H groups in total. The highest BCUT2D eigenvalue weighted by atomic mass is 15.2. The molecule has 0 bridgehead atoms. The predicted octanol–water partition coefficient (Wildman–Crippen LogP) is 7.12. The molecule has 0 amide bonds. The van der Waals surface area contributed by atoms with Crippen LogP contribution in [-0.2, 0) is 13.0 Å². The summed E-state index contributed by atoms with van der Waals surface area (Å²) in [6, 6.07) is 11.2. The van der Waals surface area contributed by atoms with Crippen LogP contribution in [-0.4, -0.2) is 39.8 Å². The molecule has 0 spiro atoms.